The average molecular weight is 292 g/mol. The van der Waals surface area contributed by atoms with Crippen molar-refractivity contribution in [2.45, 2.75) is 32.7 Å². The summed E-state index contributed by atoms with van der Waals surface area (Å²) in [6, 6.07) is 5.78. The van der Waals surface area contributed by atoms with Gasteiger partial charge in [0.05, 0.1) is 19.3 Å². The predicted molar refractivity (Wildman–Crippen MR) is 82.9 cm³/mol. The van der Waals surface area contributed by atoms with Crippen molar-refractivity contribution in [1.82, 2.24) is 15.6 Å². The smallest absolute Gasteiger partial charge is 0.305 e. The molecule has 116 valence electrons. The molecule has 0 amide bonds. The van der Waals surface area contributed by atoms with E-state index in [1.54, 1.807) is 6.20 Å². The predicted octanol–water partition coefficient (Wildman–Crippen LogP) is 1.48. The van der Waals surface area contributed by atoms with Crippen LogP contribution in [-0.4, -0.2) is 37.1 Å². The van der Waals surface area contributed by atoms with Gasteiger partial charge in [-0.1, -0.05) is 6.07 Å². The van der Waals surface area contributed by atoms with Gasteiger partial charge in [-0.25, -0.2) is 4.99 Å². The van der Waals surface area contributed by atoms with E-state index >= 15 is 0 Å². The zero-order chi connectivity index (χ0) is 15.3. The summed E-state index contributed by atoms with van der Waals surface area (Å²) in [6.45, 7) is 4.13. The van der Waals surface area contributed by atoms with E-state index in [-0.39, 0.29) is 5.97 Å². The molecule has 0 spiro atoms. The third-order valence-electron chi connectivity index (χ3n) is 2.80. The minimum Gasteiger partial charge on any atom is -0.469 e. The van der Waals surface area contributed by atoms with E-state index in [1.165, 1.54) is 7.11 Å². The van der Waals surface area contributed by atoms with Gasteiger partial charge in [-0.05, 0) is 31.9 Å². The van der Waals surface area contributed by atoms with E-state index in [2.05, 4.69) is 25.3 Å². The number of carbonyl (C=O) groups excluding carboxylic acids is 1. The van der Waals surface area contributed by atoms with Gasteiger partial charge in [0.15, 0.2) is 5.96 Å². The molecule has 21 heavy (non-hydrogen) atoms. The van der Waals surface area contributed by atoms with Crippen molar-refractivity contribution < 1.29 is 9.53 Å². The number of hydrogen-bond acceptors (Lipinski definition) is 4. The highest BCUT2D eigenvalue weighted by Crippen LogP contribution is 1.97. The van der Waals surface area contributed by atoms with Crippen LogP contribution in [0.25, 0.3) is 0 Å². The van der Waals surface area contributed by atoms with Crippen LogP contribution in [0.15, 0.2) is 29.4 Å². The standard InChI is InChI=1S/C15H24N4O2/c1-3-16-15(18-11-7-5-9-14(20)21-2)19-12-13-8-4-6-10-17-13/h4,6,8,10H,3,5,7,9,11-12H2,1-2H3,(H2,16,18,19). The minimum absolute atomic E-state index is 0.161. The van der Waals surface area contributed by atoms with Crippen LogP contribution in [0.4, 0.5) is 0 Å². The molecule has 0 aliphatic carbocycles. The van der Waals surface area contributed by atoms with Crippen molar-refractivity contribution in [3.05, 3.63) is 30.1 Å². The molecule has 0 saturated carbocycles. The Morgan fingerprint density at radius 2 is 2.19 bits per heavy atom. The Morgan fingerprint density at radius 1 is 1.33 bits per heavy atom. The summed E-state index contributed by atoms with van der Waals surface area (Å²) in [4.78, 5) is 19.7. The third kappa shape index (κ3) is 7.91. The van der Waals surface area contributed by atoms with Gasteiger partial charge in [0.2, 0.25) is 0 Å². The first-order valence-electron chi connectivity index (χ1n) is 7.25. The van der Waals surface area contributed by atoms with Gasteiger partial charge >= 0.3 is 5.97 Å². The van der Waals surface area contributed by atoms with Crippen molar-refractivity contribution in [3.8, 4) is 0 Å². The fraction of sp³-hybridized carbons (Fsp3) is 0.533. The molecule has 0 bridgehead atoms. The summed E-state index contributed by atoms with van der Waals surface area (Å²) in [6.07, 6.45) is 3.92. The van der Waals surface area contributed by atoms with Crippen molar-refractivity contribution in [2.24, 2.45) is 4.99 Å². The number of nitrogens with one attached hydrogen (secondary N) is 2. The summed E-state index contributed by atoms with van der Waals surface area (Å²) in [7, 11) is 1.41. The SMILES string of the molecule is CCNC(=NCc1ccccn1)NCCCCC(=O)OC. The molecular weight excluding hydrogens is 268 g/mol. The first-order valence-corrected chi connectivity index (χ1v) is 7.25. The Morgan fingerprint density at radius 3 is 2.86 bits per heavy atom. The Hall–Kier alpha value is -2.11. The number of unbranched alkanes of at least 4 members (excludes halogenated alkanes) is 1. The Labute approximate surface area is 126 Å². The highest BCUT2D eigenvalue weighted by atomic mass is 16.5. The lowest BCUT2D eigenvalue weighted by Crippen LogP contribution is -2.37. The van der Waals surface area contributed by atoms with Crippen molar-refractivity contribution in [2.75, 3.05) is 20.2 Å². The van der Waals surface area contributed by atoms with E-state index in [4.69, 9.17) is 0 Å². The lowest BCUT2D eigenvalue weighted by molar-refractivity contribution is -0.140. The van der Waals surface area contributed by atoms with Crippen LogP contribution in [0.1, 0.15) is 31.9 Å². The number of pyridine rings is 1. The lowest BCUT2D eigenvalue weighted by Gasteiger charge is -2.10. The number of hydrogen-bond donors (Lipinski definition) is 2. The summed E-state index contributed by atoms with van der Waals surface area (Å²) < 4.78 is 4.60. The van der Waals surface area contributed by atoms with Gasteiger partial charge in [0.1, 0.15) is 0 Å². The average Bonchev–Trinajstić information content (AvgIpc) is 2.52. The summed E-state index contributed by atoms with van der Waals surface area (Å²) >= 11 is 0. The number of methoxy groups -OCH3 is 1. The molecule has 0 radical (unpaired) electrons. The number of carbonyl (C=O) groups is 1. The number of aromatic nitrogens is 1. The molecule has 0 unspecified atom stereocenters. The third-order valence-corrected chi connectivity index (χ3v) is 2.80. The minimum atomic E-state index is -0.161. The van der Waals surface area contributed by atoms with Crippen LogP contribution in [0, 0.1) is 0 Å². The van der Waals surface area contributed by atoms with Crippen LogP contribution in [0.5, 0.6) is 0 Å². The number of nitrogens with zero attached hydrogens (tertiary/aromatic N) is 2. The Kier molecular flexibility index (Phi) is 8.59. The van der Waals surface area contributed by atoms with Crippen LogP contribution in [-0.2, 0) is 16.1 Å². The van der Waals surface area contributed by atoms with Crippen LogP contribution in [0.3, 0.4) is 0 Å². The Balaban J connectivity index is 2.30. The van der Waals surface area contributed by atoms with E-state index in [0.29, 0.717) is 13.0 Å². The molecule has 0 atom stereocenters. The zero-order valence-corrected chi connectivity index (χ0v) is 12.8. The van der Waals surface area contributed by atoms with E-state index in [0.717, 1.165) is 37.6 Å². The molecule has 0 aliphatic rings. The summed E-state index contributed by atoms with van der Waals surface area (Å²) in [5.74, 6) is 0.604. The van der Waals surface area contributed by atoms with Crippen molar-refractivity contribution in [3.63, 3.8) is 0 Å². The van der Waals surface area contributed by atoms with Crippen LogP contribution < -0.4 is 10.6 Å². The lowest BCUT2D eigenvalue weighted by atomic mass is 10.2. The second-order valence-electron chi connectivity index (χ2n) is 4.48. The number of ether oxygens (including phenoxy) is 1. The van der Waals surface area contributed by atoms with E-state index in [9.17, 15) is 4.79 Å². The highest BCUT2D eigenvalue weighted by Gasteiger charge is 2.01. The normalized spacial score (nSPS) is 11.0. The van der Waals surface area contributed by atoms with E-state index in [1.807, 2.05) is 25.1 Å². The number of aliphatic imine (C=N–C) groups is 1. The summed E-state index contributed by atoms with van der Waals surface area (Å²) in [5.41, 5.74) is 0.931. The van der Waals surface area contributed by atoms with Gasteiger partial charge in [0.25, 0.3) is 0 Å². The maximum Gasteiger partial charge on any atom is 0.305 e. The molecule has 1 heterocycles. The number of rotatable bonds is 8. The molecule has 0 saturated heterocycles. The highest BCUT2D eigenvalue weighted by molar-refractivity contribution is 5.79. The van der Waals surface area contributed by atoms with Gasteiger partial charge in [0, 0.05) is 25.7 Å². The Bertz CT molecular complexity index is 435. The molecular formula is C15H24N4O2. The fourth-order valence-electron chi connectivity index (χ4n) is 1.70. The number of esters is 1. The van der Waals surface area contributed by atoms with Gasteiger partial charge in [-0.2, -0.15) is 0 Å². The molecule has 1 aromatic heterocycles. The number of guanidine groups is 1. The van der Waals surface area contributed by atoms with Crippen LogP contribution >= 0.6 is 0 Å². The zero-order valence-electron chi connectivity index (χ0n) is 12.8. The largest absolute Gasteiger partial charge is 0.469 e. The molecule has 0 fully saturated rings. The molecule has 6 heteroatoms. The van der Waals surface area contributed by atoms with Gasteiger partial charge in [-0.15, -0.1) is 0 Å². The molecule has 1 rings (SSSR count). The second-order valence-corrected chi connectivity index (χ2v) is 4.48. The van der Waals surface area contributed by atoms with Gasteiger partial charge in [-0.3, -0.25) is 9.78 Å². The second kappa shape index (κ2) is 10.7. The van der Waals surface area contributed by atoms with Crippen molar-refractivity contribution in [1.29, 1.82) is 0 Å². The molecule has 6 nitrogen and oxygen atoms in total. The quantitative estimate of drug-likeness (QED) is 0.328. The monoisotopic (exact) mass is 292 g/mol. The maximum absolute atomic E-state index is 11.0. The molecule has 2 N–H and O–H groups in total. The molecule has 0 aliphatic heterocycles. The summed E-state index contributed by atoms with van der Waals surface area (Å²) in [5, 5.41) is 6.42. The van der Waals surface area contributed by atoms with Gasteiger partial charge < -0.3 is 15.4 Å². The van der Waals surface area contributed by atoms with E-state index < -0.39 is 0 Å². The fourth-order valence-corrected chi connectivity index (χ4v) is 1.70. The first-order chi connectivity index (χ1) is 10.3. The maximum atomic E-state index is 11.0. The van der Waals surface area contributed by atoms with Crippen molar-refractivity contribution >= 4 is 11.9 Å². The topological polar surface area (TPSA) is 75.6 Å². The van der Waals surface area contributed by atoms with Crippen LogP contribution in [0.2, 0.25) is 0 Å². The molecule has 0 aromatic carbocycles. The first kappa shape index (κ1) is 16.9. The molecule has 1 aromatic rings.